The summed E-state index contributed by atoms with van der Waals surface area (Å²) < 4.78 is 0. The maximum atomic E-state index is 11.4. The smallest absolute Gasteiger partial charge is 0.314 e. The third-order valence-electron chi connectivity index (χ3n) is 3.25. The lowest BCUT2D eigenvalue weighted by Gasteiger charge is -2.14. The van der Waals surface area contributed by atoms with Crippen LogP contribution in [0.25, 0.3) is 0 Å². The second-order valence-corrected chi connectivity index (χ2v) is 4.89. The third-order valence-corrected chi connectivity index (χ3v) is 3.25. The van der Waals surface area contributed by atoms with E-state index in [0.29, 0.717) is 18.9 Å². The van der Waals surface area contributed by atoms with E-state index in [1.807, 2.05) is 0 Å². The van der Waals surface area contributed by atoms with Crippen molar-refractivity contribution in [1.82, 2.24) is 10.6 Å². The Kier molecular flexibility index (Phi) is 11.0. The Balaban J connectivity index is 3.57. The third kappa shape index (κ3) is 11.6. The molecule has 0 fully saturated rings. The Hall–Kier alpha value is -1.26. The summed E-state index contributed by atoms with van der Waals surface area (Å²) in [6.07, 6.45) is 5.98. The van der Waals surface area contributed by atoms with E-state index in [0.717, 1.165) is 38.6 Å². The minimum absolute atomic E-state index is 0.121. The molecule has 0 bridgehead atoms. The Morgan fingerprint density at radius 3 is 2.32 bits per heavy atom. The van der Waals surface area contributed by atoms with Crippen LogP contribution in [0.2, 0.25) is 0 Å². The molecule has 0 aromatic rings. The van der Waals surface area contributed by atoms with Gasteiger partial charge in [0.1, 0.15) is 0 Å². The molecule has 5 nitrogen and oxygen atoms in total. The van der Waals surface area contributed by atoms with Crippen LogP contribution in [-0.4, -0.2) is 30.2 Å². The van der Waals surface area contributed by atoms with Gasteiger partial charge in [-0.3, -0.25) is 4.79 Å². The van der Waals surface area contributed by atoms with Crippen LogP contribution in [0, 0.1) is 5.92 Å². The standard InChI is InChI=1S/C14H28N2O3/c1-3-5-6-10-15-14(19)16-11-9-12(4-2)7-8-13(17)18/h12H,3-11H2,1-2H3,(H,17,18)(H2,15,16,19). The van der Waals surface area contributed by atoms with Gasteiger partial charge in [-0.15, -0.1) is 0 Å². The first-order chi connectivity index (χ1) is 9.10. The predicted molar refractivity (Wildman–Crippen MR) is 76.2 cm³/mol. The van der Waals surface area contributed by atoms with Gasteiger partial charge in [0.05, 0.1) is 0 Å². The SMILES string of the molecule is CCCCCNC(=O)NCCC(CC)CCC(=O)O. The molecular formula is C14H28N2O3. The summed E-state index contributed by atoms with van der Waals surface area (Å²) in [4.78, 5) is 21.9. The molecule has 19 heavy (non-hydrogen) atoms. The number of aliphatic carboxylic acids is 1. The van der Waals surface area contributed by atoms with Crippen LogP contribution >= 0.6 is 0 Å². The summed E-state index contributed by atoms with van der Waals surface area (Å²) in [6, 6.07) is -0.121. The van der Waals surface area contributed by atoms with E-state index < -0.39 is 5.97 Å². The van der Waals surface area contributed by atoms with Crippen LogP contribution in [0.5, 0.6) is 0 Å². The summed E-state index contributed by atoms with van der Waals surface area (Å²) >= 11 is 0. The average Bonchev–Trinajstić information content (AvgIpc) is 2.38. The second-order valence-electron chi connectivity index (χ2n) is 4.89. The quantitative estimate of drug-likeness (QED) is 0.506. The van der Waals surface area contributed by atoms with Gasteiger partial charge in [-0.05, 0) is 25.2 Å². The normalized spacial score (nSPS) is 11.9. The van der Waals surface area contributed by atoms with E-state index >= 15 is 0 Å². The maximum Gasteiger partial charge on any atom is 0.314 e. The Morgan fingerprint density at radius 2 is 1.74 bits per heavy atom. The second kappa shape index (κ2) is 11.8. The first-order valence-corrected chi connectivity index (χ1v) is 7.33. The van der Waals surface area contributed by atoms with Crippen molar-refractivity contribution in [3.05, 3.63) is 0 Å². The molecule has 2 amide bonds. The number of urea groups is 1. The highest BCUT2D eigenvalue weighted by Crippen LogP contribution is 2.14. The fourth-order valence-electron chi connectivity index (χ4n) is 1.91. The number of nitrogens with one attached hydrogen (secondary N) is 2. The van der Waals surface area contributed by atoms with Crippen LogP contribution in [0.15, 0.2) is 0 Å². The lowest BCUT2D eigenvalue weighted by molar-refractivity contribution is -0.137. The molecule has 3 N–H and O–H groups in total. The zero-order chi connectivity index (χ0) is 14.5. The highest BCUT2D eigenvalue weighted by Gasteiger charge is 2.09. The van der Waals surface area contributed by atoms with Crippen LogP contribution in [0.1, 0.15) is 58.8 Å². The van der Waals surface area contributed by atoms with Gasteiger partial charge in [-0.25, -0.2) is 4.79 Å². The molecule has 0 aliphatic rings. The fourth-order valence-corrected chi connectivity index (χ4v) is 1.91. The van der Waals surface area contributed by atoms with E-state index in [-0.39, 0.29) is 12.5 Å². The van der Waals surface area contributed by atoms with Gasteiger partial charge in [0.15, 0.2) is 0 Å². The topological polar surface area (TPSA) is 78.4 Å². The molecule has 0 aliphatic heterocycles. The summed E-state index contributed by atoms with van der Waals surface area (Å²) in [6.45, 7) is 5.51. The Morgan fingerprint density at radius 1 is 1.05 bits per heavy atom. The lowest BCUT2D eigenvalue weighted by atomic mass is 9.97. The van der Waals surface area contributed by atoms with Crippen LogP contribution < -0.4 is 10.6 Å². The number of carboxylic acid groups (broad SMARTS) is 1. The maximum absolute atomic E-state index is 11.4. The van der Waals surface area contributed by atoms with Gasteiger partial charge in [0.2, 0.25) is 0 Å². The zero-order valence-electron chi connectivity index (χ0n) is 12.2. The number of hydrogen-bond donors (Lipinski definition) is 3. The van der Waals surface area contributed by atoms with E-state index in [9.17, 15) is 9.59 Å². The average molecular weight is 272 g/mol. The number of amides is 2. The van der Waals surface area contributed by atoms with Crippen molar-refractivity contribution in [3.8, 4) is 0 Å². The van der Waals surface area contributed by atoms with Gasteiger partial charge in [0, 0.05) is 19.5 Å². The summed E-state index contributed by atoms with van der Waals surface area (Å²) in [5, 5.41) is 14.3. The lowest BCUT2D eigenvalue weighted by Crippen LogP contribution is -2.37. The van der Waals surface area contributed by atoms with Crippen molar-refractivity contribution < 1.29 is 14.7 Å². The van der Waals surface area contributed by atoms with Crippen molar-refractivity contribution in [2.75, 3.05) is 13.1 Å². The minimum Gasteiger partial charge on any atom is -0.481 e. The Bertz CT molecular complexity index is 257. The fraction of sp³-hybridized carbons (Fsp3) is 0.857. The molecule has 0 heterocycles. The highest BCUT2D eigenvalue weighted by molar-refractivity contribution is 5.73. The van der Waals surface area contributed by atoms with Crippen LogP contribution in [0.4, 0.5) is 4.79 Å². The van der Waals surface area contributed by atoms with Gasteiger partial charge in [-0.2, -0.15) is 0 Å². The number of carbonyl (C=O) groups excluding carboxylic acids is 1. The molecule has 0 saturated carbocycles. The molecule has 5 heteroatoms. The van der Waals surface area contributed by atoms with Crippen molar-refractivity contribution in [3.63, 3.8) is 0 Å². The molecule has 0 aromatic carbocycles. The van der Waals surface area contributed by atoms with E-state index in [1.165, 1.54) is 0 Å². The van der Waals surface area contributed by atoms with Gasteiger partial charge in [0.25, 0.3) is 0 Å². The number of carbonyl (C=O) groups is 2. The summed E-state index contributed by atoms with van der Waals surface area (Å²) in [5.41, 5.74) is 0. The number of hydrogen-bond acceptors (Lipinski definition) is 2. The van der Waals surface area contributed by atoms with E-state index in [4.69, 9.17) is 5.11 Å². The number of rotatable bonds is 11. The van der Waals surface area contributed by atoms with Gasteiger partial charge >= 0.3 is 12.0 Å². The van der Waals surface area contributed by atoms with Crippen molar-refractivity contribution in [1.29, 1.82) is 0 Å². The molecule has 0 radical (unpaired) electrons. The first-order valence-electron chi connectivity index (χ1n) is 7.33. The van der Waals surface area contributed by atoms with E-state index in [1.54, 1.807) is 0 Å². The minimum atomic E-state index is -0.750. The molecule has 1 unspecified atom stereocenters. The predicted octanol–water partition coefficient (Wildman–Crippen LogP) is 2.76. The Labute approximate surface area is 116 Å². The molecular weight excluding hydrogens is 244 g/mol. The summed E-state index contributed by atoms with van der Waals surface area (Å²) in [5.74, 6) is -0.378. The van der Waals surface area contributed by atoms with Gasteiger partial charge in [-0.1, -0.05) is 33.1 Å². The molecule has 0 saturated heterocycles. The number of carboxylic acids is 1. The monoisotopic (exact) mass is 272 g/mol. The molecule has 1 atom stereocenters. The van der Waals surface area contributed by atoms with E-state index in [2.05, 4.69) is 24.5 Å². The molecule has 0 aliphatic carbocycles. The molecule has 0 aromatic heterocycles. The van der Waals surface area contributed by atoms with Crippen molar-refractivity contribution >= 4 is 12.0 Å². The zero-order valence-corrected chi connectivity index (χ0v) is 12.2. The molecule has 0 spiro atoms. The van der Waals surface area contributed by atoms with Crippen LogP contribution in [-0.2, 0) is 4.79 Å². The molecule has 112 valence electrons. The van der Waals surface area contributed by atoms with Crippen molar-refractivity contribution in [2.24, 2.45) is 5.92 Å². The van der Waals surface area contributed by atoms with Crippen LogP contribution in [0.3, 0.4) is 0 Å². The number of unbranched alkanes of at least 4 members (excludes halogenated alkanes) is 2. The largest absolute Gasteiger partial charge is 0.481 e. The molecule has 0 rings (SSSR count). The van der Waals surface area contributed by atoms with Gasteiger partial charge < -0.3 is 15.7 Å². The van der Waals surface area contributed by atoms with Crippen molar-refractivity contribution in [2.45, 2.75) is 58.8 Å². The summed E-state index contributed by atoms with van der Waals surface area (Å²) in [7, 11) is 0. The first kappa shape index (κ1) is 17.7. The highest BCUT2D eigenvalue weighted by atomic mass is 16.4.